The number of hydrogen-bond acceptors (Lipinski definition) is 7. The first-order chi connectivity index (χ1) is 12.2. The number of nitrogens with two attached hydrogens (primary N) is 1. The van der Waals surface area contributed by atoms with Crippen LogP contribution in [-0.2, 0) is 4.74 Å². The summed E-state index contributed by atoms with van der Waals surface area (Å²) < 4.78 is 7.25. The van der Waals surface area contributed by atoms with E-state index in [-0.39, 0.29) is 6.61 Å². The Bertz CT molecular complexity index is 795. The number of aliphatic hydroxyl groups excluding tert-OH is 2. The Hall–Kier alpha value is -2.21. The Morgan fingerprint density at radius 2 is 2.24 bits per heavy atom. The second kappa shape index (κ2) is 7.78. The molecular formula is C17H23N5O3. The van der Waals surface area contributed by atoms with E-state index in [0.29, 0.717) is 29.0 Å². The normalized spacial score (nSPS) is 22.9. The molecule has 0 saturated carbocycles. The van der Waals surface area contributed by atoms with Gasteiger partial charge in [-0.3, -0.25) is 0 Å². The molecule has 2 aromatic heterocycles. The van der Waals surface area contributed by atoms with Crippen molar-refractivity contribution in [1.29, 1.82) is 0 Å². The zero-order valence-electron chi connectivity index (χ0n) is 14.2. The van der Waals surface area contributed by atoms with E-state index in [1.165, 1.54) is 6.33 Å². The third-order valence-electron chi connectivity index (χ3n) is 4.29. The van der Waals surface area contributed by atoms with Gasteiger partial charge >= 0.3 is 0 Å². The minimum absolute atomic E-state index is 0.252. The monoisotopic (exact) mass is 345 g/mol. The molecule has 8 heteroatoms. The number of nitrogens with zero attached hydrogens (tertiary/aromatic N) is 4. The molecule has 3 rings (SSSR count). The number of hydrogen-bond donors (Lipinski definition) is 3. The highest BCUT2D eigenvalue weighted by atomic mass is 16.5. The van der Waals surface area contributed by atoms with E-state index in [1.54, 1.807) is 4.68 Å². The Kier molecular flexibility index (Phi) is 5.48. The van der Waals surface area contributed by atoms with E-state index in [4.69, 9.17) is 10.5 Å². The van der Waals surface area contributed by atoms with Gasteiger partial charge in [-0.1, -0.05) is 25.7 Å². The molecule has 134 valence electrons. The first kappa shape index (κ1) is 17.6. The fourth-order valence-corrected chi connectivity index (χ4v) is 2.92. The summed E-state index contributed by atoms with van der Waals surface area (Å²) in [6.07, 6.45) is 3.89. The highest BCUT2D eigenvalue weighted by molar-refractivity contribution is 5.90. The Morgan fingerprint density at radius 1 is 1.40 bits per heavy atom. The predicted octanol–water partition coefficient (Wildman–Crippen LogP) is 0.981. The zero-order valence-corrected chi connectivity index (χ0v) is 14.2. The number of fused-ring (bicyclic) bond motifs is 1. The minimum Gasteiger partial charge on any atom is -0.394 e. The van der Waals surface area contributed by atoms with Crippen LogP contribution >= 0.6 is 0 Å². The van der Waals surface area contributed by atoms with Gasteiger partial charge in [-0.2, -0.15) is 5.10 Å². The second-order valence-electron chi connectivity index (χ2n) is 6.12. The second-order valence-corrected chi connectivity index (χ2v) is 6.12. The molecule has 0 aromatic carbocycles. The van der Waals surface area contributed by atoms with E-state index >= 15 is 0 Å². The number of rotatable bonds is 5. The van der Waals surface area contributed by atoms with Crippen LogP contribution in [0.5, 0.6) is 0 Å². The summed E-state index contributed by atoms with van der Waals surface area (Å²) in [5.41, 5.74) is 7.02. The van der Waals surface area contributed by atoms with E-state index in [2.05, 4.69) is 33.8 Å². The van der Waals surface area contributed by atoms with Gasteiger partial charge in [-0.15, -0.1) is 0 Å². The van der Waals surface area contributed by atoms with E-state index in [9.17, 15) is 10.2 Å². The number of aromatic nitrogens is 4. The third kappa shape index (κ3) is 3.58. The summed E-state index contributed by atoms with van der Waals surface area (Å²) in [6, 6.07) is 0. The summed E-state index contributed by atoms with van der Waals surface area (Å²) in [5, 5.41) is 24.3. The molecule has 1 aliphatic rings. The quantitative estimate of drug-likeness (QED) is 0.546. The highest BCUT2D eigenvalue weighted by Crippen LogP contribution is 2.32. The number of nitrogen functional groups attached to an aromatic ring is 1. The molecule has 25 heavy (non-hydrogen) atoms. The van der Waals surface area contributed by atoms with Crippen molar-refractivity contribution in [2.24, 2.45) is 0 Å². The maximum Gasteiger partial charge on any atom is 0.167 e. The van der Waals surface area contributed by atoms with E-state index in [0.717, 1.165) is 25.7 Å². The van der Waals surface area contributed by atoms with Gasteiger partial charge in [0.1, 0.15) is 23.9 Å². The molecule has 0 amide bonds. The zero-order chi connectivity index (χ0) is 17.8. The summed E-state index contributed by atoms with van der Waals surface area (Å²) in [4.78, 5) is 8.29. The van der Waals surface area contributed by atoms with Crippen molar-refractivity contribution in [1.82, 2.24) is 19.7 Å². The first-order valence-electron chi connectivity index (χ1n) is 8.57. The lowest BCUT2D eigenvalue weighted by Gasteiger charge is -2.12. The van der Waals surface area contributed by atoms with Crippen molar-refractivity contribution in [3.05, 3.63) is 12.0 Å². The lowest BCUT2D eigenvalue weighted by Crippen LogP contribution is -2.24. The van der Waals surface area contributed by atoms with Crippen molar-refractivity contribution in [3.8, 4) is 11.8 Å². The van der Waals surface area contributed by atoms with Gasteiger partial charge in [0.05, 0.1) is 18.1 Å². The van der Waals surface area contributed by atoms with Gasteiger partial charge in [-0.05, 0) is 12.3 Å². The van der Waals surface area contributed by atoms with Crippen LogP contribution in [0, 0.1) is 11.8 Å². The van der Waals surface area contributed by atoms with Crippen LogP contribution in [0.2, 0.25) is 0 Å². The maximum absolute atomic E-state index is 9.97. The fraction of sp³-hybridized carbons (Fsp3) is 0.588. The average molecular weight is 345 g/mol. The van der Waals surface area contributed by atoms with Gasteiger partial charge in [0.15, 0.2) is 11.9 Å². The molecule has 0 spiro atoms. The summed E-state index contributed by atoms with van der Waals surface area (Å²) in [6.45, 7) is 1.90. The van der Waals surface area contributed by atoms with E-state index < -0.39 is 18.4 Å². The SMILES string of the molecule is CCCCCC#Cc1nn([C@H]2C[C@H](O)[C@@H](CO)O2)c2ncnc(N)c12. The van der Waals surface area contributed by atoms with Crippen molar-refractivity contribution in [2.75, 3.05) is 12.3 Å². The minimum atomic E-state index is -0.753. The van der Waals surface area contributed by atoms with Crippen LogP contribution in [0.1, 0.15) is 50.9 Å². The topological polar surface area (TPSA) is 119 Å². The summed E-state index contributed by atoms with van der Waals surface area (Å²) >= 11 is 0. The summed E-state index contributed by atoms with van der Waals surface area (Å²) in [5.74, 6) is 6.49. The van der Waals surface area contributed by atoms with Crippen molar-refractivity contribution in [2.45, 2.75) is 57.5 Å². The molecule has 0 bridgehead atoms. The van der Waals surface area contributed by atoms with Crippen LogP contribution in [0.15, 0.2) is 6.33 Å². The lowest BCUT2D eigenvalue weighted by atomic mass is 10.2. The van der Waals surface area contributed by atoms with Crippen molar-refractivity contribution >= 4 is 16.9 Å². The molecule has 3 atom stereocenters. The van der Waals surface area contributed by atoms with Crippen molar-refractivity contribution < 1.29 is 14.9 Å². The predicted molar refractivity (Wildman–Crippen MR) is 92.4 cm³/mol. The van der Waals surface area contributed by atoms with Crippen LogP contribution < -0.4 is 5.73 Å². The van der Waals surface area contributed by atoms with Crippen molar-refractivity contribution in [3.63, 3.8) is 0 Å². The Morgan fingerprint density at radius 3 is 2.96 bits per heavy atom. The molecule has 1 fully saturated rings. The highest BCUT2D eigenvalue weighted by Gasteiger charge is 2.36. The molecule has 8 nitrogen and oxygen atoms in total. The third-order valence-corrected chi connectivity index (χ3v) is 4.29. The molecule has 2 aromatic rings. The first-order valence-corrected chi connectivity index (χ1v) is 8.57. The molecular weight excluding hydrogens is 322 g/mol. The number of unbranched alkanes of at least 4 members (excludes halogenated alkanes) is 3. The van der Waals surface area contributed by atoms with E-state index in [1.807, 2.05) is 0 Å². The molecule has 0 aliphatic carbocycles. The molecule has 3 heterocycles. The molecule has 1 saturated heterocycles. The average Bonchev–Trinajstić information content (AvgIpc) is 3.16. The van der Waals surface area contributed by atoms with Gasteiger partial charge < -0.3 is 20.7 Å². The molecule has 4 N–H and O–H groups in total. The number of anilines is 1. The largest absolute Gasteiger partial charge is 0.394 e. The van der Waals surface area contributed by atoms with Gasteiger partial charge in [-0.25, -0.2) is 14.6 Å². The number of ether oxygens (including phenoxy) is 1. The Balaban J connectivity index is 1.93. The van der Waals surface area contributed by atoms with Crippen LogP contribution in [0.3, 0.4) is 0 Å². The van der Waals surface area contributed by atoms with Crippen LogP contribution in [-0.4, -0.2) is 48.8 Å². The van der Waals surface area contributed by atoms with Crippen LogP contribution in [0.4, 0.5) is 5.82 Å². The summed E-state index contributed by atoms with van der Waals surface area (Å²) in [7, 11) is 0. The number of aliphatic hydroxyl groups is 2. The van der Waals surface area contributed by atoms with Gasteiger partial charge in [0, 0.05) is 12.8 Å². The van der Waals surface area contributed by atoms with Gasteiger partial charge in [0.25, 0.3) is 0 Å². The van der Waals surface area contributed by atoms with Gasteiger partial charge in [0.2, 0.25) is 0 Å². The smallest absolute Gasteiger partial charge is 0.167 e. The molecule has 1 aliphatic heterocycles. The molecule has 0 unspecified atom stereocenters. The van der Waals surface area contributed by atoms with Crippen LogP contribution in [0.25, 0.3) is 11.0 Å². The molecule has 0 radical (unpaired) electrons. The lowest BCUT2D eigenvalue weighted by molar-refractivity contribution is -0.0470. The maximum atomic E-state index is 9.97. The fourth-order valence-electron chi connectivity index (χ4n) is 2.92. The Labute approximate surface area is 146 Å². The standard InChI is InChI=1S/C17H23N5O3/c1-2-3-4-5-6-7-11-15-16(18)19-10-20-17(15)22(21-11)14-8-12(24)13(9-23)25-14/h10,12-14,23-24H,2-5,8-9H2,1H3,(H2,18,19,20)/t12-,13+,14+/m0/s1.